The number of ether oxygens (including phenoxy) is 3. The molecule has 1 saturated heterocycles. The number of hydrogen-bond donors (Lipinski definition) is 0. The van der Waals surface area contributed by atoms with Crippen molar-refractivity contribution >= 4 is 17.8 Å². The average Bonchev–Trinajstić information content (AvgIpc) is 3.37. The van der Waals surface area contributed by atoms with Crippen LogP contribution in [0.2, 0.25) is 0 Å². The molecule has 1 heterocycles. The number of carbonyl (C=O) groups excluding carboxylic acids is 2. The molecule has 1 aliphatic heterocycles. The average molecular weight is 437 g/mol. The molecule has 1 saturated carbocycles. The molecule has 4 rings (SSSR count). The number of hydrogen-bond acceptors (Lipinski definition) is 5. The normalized spacial score (nSPS) is 19.2. The number of methoxy groups -OCH3 is 1. The van der Waals surface area contributed by atoms with Gasteiger partial charge in [-0.25, -0.2) is 19.6 Å². The zero-order valence-corrected chi connectivity index (χ0v) is 18.6. The Morgan fingerprint density at radius 1 is 0.812 bits per heavy atom. The van der Waals surface area contributed by atoms with E-state index in [0.29, 0.717) is 0 Å². The minimum absolute atomic E-state index is 0.229. The first kappa shape index (κ1) is 21.7. The number of carbonyl (C=O) groups is 2. The van der Waals surface area contributed by atoms with E-state index in [1.165, 1.54) is 10.0 Å². The highest BCUT2D eigenvalue weighted by atomic mass is 16.6. The van der Waals surface area contributed by atoms with Crippen LogP contribution in [-0.4, -0.2) is 54.6 Å². The SMILES string of the molecule is CCOC(=O)N1C2CCC(C2=C(c2ccccc2)c2ccc(OC)cc2)N1C(=O)OCC. The van der Waals surface area contributed by atoms with Crippen LogP contribution >= 0.6 is 0 Å². The van der Waals surface area contributed by atoms with Crippen molar-refractivity contribution in [1.82, 2.24) is 10.0 Å². The molecule has 0 N–H and O–H groups in total. The summed E-state index contributed by atoms with van der Waals surface area (Å²) in [5.41, 5.74) is 4.07. The molecule has 2 amide bonds. The first-order chi connectivity index (χ1) is 15.6. The van der Waals surface area contributed by atoms with Gasteiger partial charge in [-0.05, 0) is 61.1 Å². The van der Waals surface area contributed by atoms with Gasteiger partial charge >= 0.3 is 12.2 Å². The lowest BCUT2D eigenvalue weighted by Crippen LogP contribution is -2.53. The molecule has 1 aliphatic carbocycles. The van der Waals surface area contributed by atoms with E-state index in [0.717, 1.165) is 40.9 Å². The van der Waals surface area contributed by atoms with Crippen molar-refractivity contribution in [2.24, 2.45) is 0 Å². The fourth-order valence-electron chi connectivity index (χ4n) is 4.66. The second-order valence-corrected chi connectivity index (χ2v) is 7.62. The van der Waals surface area contributed by atoms with Crippen molar-refractivity contribution in [3.8, 4) is 5.75 Å². The van der Waals surface area contributed by atoms with Gasteiger partial charge in [-0.15, -0.1) is 0 Å². The second-order valence-electron chi connectivity index (χ2n) is 7.62. The lowest BCUT2D eigenvalue weighted by atomic mass is 9.90. The molecule has 2 bridgehead atoms. The summed E-state index contributed by atoms with van der Waals surface area (Å²) < 4.78 is 15.9. The van der Waals surface area contributed by atoms with E-state index in [2.05, 4.69) is 0 Å². The summed E-state index contributed by atoms with van der Waals surface area (Å²) in [6.45, 7) is 3.97. The molecular formula is C25H28N2O5. The summed E-state index contributed by atoms with van der Waals surface area (Å²) in [7, 11) is 1.64. The second kappa shape index (κ2) is 9.34. The Kier molecular flexibility index (Phi) is 6.35. The van der Waals surface area contributed by atoms with Gasteiger partial charge in [-0.1, -0.05) is 42.5 Å². The summed E-state index contributed by atoms with van der Waals surface area (Å²) in [6, 6.07) is 17.3. The standard InChI is InChI=1S/C25H28N2O5/c1-4-31-24(28)26-20-15-16-21(27(26)25(29)32-5-2)23(20)22(17-9-7-6-8-10-17)18-11-13-19(30-3)14-12-18/h6-14,20-21H,4-5,15-16H2,1-3H3. The molecule has 0 spiro atoms. The van der Waals surface area contributed by atoms with Gasteiger partial charge in [0.1, 0.15) is 5.75 Å². The van der Waals surface area contributed by atoms with Crippen molar-refractivity contribution in [3.05, 3.63) is 71.3 Å². The number of nitrogens with zero attached hydrogens (tertiary/aromatic N) is 2. The van der Waals surface area contributed by atoms with Crippen LogP contribution in [0.15, 0.2) is 60.2 Å². The Labute approximate surface area is 188 Å². The van der Waals surface area contributed by atoms with E-state index in [1.807, 2.05) is 54.6 Å². The number of amides is 2. The summed E-state index contributed by atoms with van der Waals surface area (Å²) >= 11 is 0. The molecule has 32 heavy (non-hydrogen) atoms. The summed E-state index contributed by atoms with van der Waals surface area (Å²) in [4.78, 5) is 25.8. The van der Waals surface area contributed by atoms with E-state index in [-0.39, 0.29) is 25.3 Å². The third-order valence-corrected chi connectivity index (χ3v) is 5.89. The van der Waals surface area contributed by atoms with E-state index >= 15 is 0 Å². The number of benzene rings is 2. The van der Waals surface area contributed by atoms with Gasteiger partial charge in [-0.2, -0.15) is 0 Å². The first-order valence-electron chi connectivity index (χ1n) is 11.0. The predicted molar refractivity (Wildman–Crippen MR) is 120 cm³/mol. The van der Waals surface area contributed by atoms with Crippen molar-refractivity contribution in [1.29, 1.82) is 0 Å². The van der Waals surface area contributed by atoms with Crippen molar-refractivity contribution in [2.45, 2.75) is 38.8 Å². The highest BCUT2D eigenvalue weighted by molar-refractivity contribution is 5.87. The number of rotatable bonds is 5. The molecule has 2 unspecified atom stereocenters. The zero-order valence-electron chi connectivity index (χ0n) is 18.6. The Hall–Kier alpha value is -3.48. The molecule has 2 atom stereocenters. The van der Waals surface area contributed by atoms with Gasteiger partial charge < -0.3 is 14.2 Å². The van der Waals surface area contributed by atoms with Crippen LogP contribution in [0.25, 0.3) is 5.57 Å². The van der Waals surface area contributed by atoms with E-state index < -0.39 is 12.2 Å². The fraction of sp³-hybridized carbons (Fsp3) is 0.360. The van der Waals surface area contributed by atoms with Gasteiger partial charge in [0.05, 0.1) is 32.4 Å². The fourth-order valence-corrected chi connectivity index (χ4v) is 4.66. The Bertz CT molecular complexity index is 969. The Morgan fingerprint density at radius 3 is 1.78 bits per heavy atom. The van der Waals surface area contributed by atoms with Crippen LogP contribution in [0.1, 0.15) is 37.8 Å². The van der Waals surface area contributed by atoms with Crippen LogP contribution in [0.5, 0.6) is 5.75 Å². The van der Waals surface area contributed by atoms with Crippen LogP contribution in [-0.2, 0) is 9.47 Å². The molecule has 2 aromatic rings. The summed E-state index contributed by atoms with van der Waals surface area (Å²) in [6.07, 6.45) is 0.433. The lowest BCUT2D eigenvalue weighted by molar-refractivity contribution is -0.0378. The van der Waals surface area contributed by atoms with Gasteiger partial charge in [-0.3, -0.25) is 0 Å². The highest BCUT2D eigenvalue weighted by Gasteiger charge is 2.55. The third-order valence-electron chi connectivity index (χ3n) is 5.89. The van der Waals surface area contributed by atoms with Crippen LogP contribution < -0.4 is 4.74 Å². The number of fused-ring (bicyclic) bond motifs is 2. The molecule has 2 fully saturated rings. The summed E-state index contributed by atoms with van der Waals surface area (Å²) in [5, 5.41) is 2.88. The molecule has 0 radical (unpaired) electrons. The van der Waals surface area contributed by atoms with Crippen molar-refractivity contribution in [2.75, 3.05) is 20.3 Å². The Morgan fingerprint density at radius 2 is 1.31 bits per heavy atom. The van der Waals surface area contributed by atoms with Crippen LogP contribution in [0.4, 0.5) is 9.59 Å². The van der Waals surface area contributed by atoms with Gasteiger partial charge in [0.2, 0.25) is 0 Å². The lowest BCUT2D eigenvalue weighted by Gasteiger charge is -2.35. The van der Waals surface area contributed by atoms with Crippen molar-refractivity contribution < 1.29 is 23.8 Å². The zero-order chi connectivity index (χ0) is 22.7. The van der Waals surface area contributed by atoms with E-state index in [1.54, 1.807) is 21.0 Å². The molecule has 7 heteroatoms. The third kappa shape index (κ3) is 3.79. The van der Waals surface area contributed by atoms with Crippen LogP contribution in [0, 0.1) is 0 Å². The molecule has 2 aromatic carbocycles. The minimum atomic E-state index is -0.535. The molecule has 0 aromatic heterocycles. The predicted octanol–water partition coefficient (Wildman–Crippen LogP) is 4.87. The minimum Gasteiger partial charge on any atom is -0.497 e. The van der Waals surface area contributed by atoms with Gasteiger partial charge in [0, 0.05) is 0 Å². The van der Waals surface area contributed by atoms with Crippen molar-refractivity contribution in [3.63, 3.8) is 0 Å². The number of hydrazine groups is 1. The smallest absolute Gasteiger partial charge is 0.429 e. The topological polar surface area (TPSA) is 68.3 Å². The highest BCUT2D eigenvalue weighted by Crippen LogP contribution is 2.47. The summed E-state index contributed by atoms with van der Waals surface area (Å²) in [5.74, 6) is 0.766. The maximum atomic E-state index is 12.9. The largest absolute Gasteiger partial charge is 0.497 e. The van der Waals surface area contributed by atoms with Crippen LogP contribution in [0.3, 0.4) is 0 Å². The maximum absolute atomic E-state index is 12.9. The molecule has 2 aliphatic rings. The maximum Gasteiger partial charge on any atom is 0.429 e. The van der Waals surface area contributed by atoms with Gasteiger partial charge in [0.25, 0.3) is 0 Å². The molecular weight excluding hydrogens is 408 g/mol. The van der Waals surface area contributed by atoms with E-state index in [9.17, 15) is 9.59 Å². The molecule has 7 nitrogen and oxygen atoms in total. The first-order valence-corrected chi connectivity index (χ1v) is 11.0. The van der Waals surface area contributed by atoms with Gasteiger partial charge in [0.15, 0.2) is 0 Å². The monoisotopic (exact) mass is 436 g/mol. The van der Waals surface area contributed by atoms with E-state index in [4.69, 9.17) is 14.2 Å². The Balaban J connectivity index is 1.89. The molecule has 168 valence electrons. The quantitative estimate of drug-likeness (QED) is 0.669.